The second kappa shape index (κ2) is 4.64. The highest BCUT2D eigenvalue weighted by molar-refractivity contribution is 5.85. The molecule has 3 nitrogen and oxygen atoms in total. The molecule has 0 spiro atoms. The molecule has 1 N–H and O–H groups in total. The Hall–Kier alpha value is -1.10. The van der Waals surface area contributed by atoms with Crippen LogP contribution in [0.25, 0.3) is 10.9 Å². The molecule has 0 saturated carbocycles. The van der Waals surface area contributed by atoms with Gasteiger partial charge >= 0.3 is 0 Å². The van der Waals surface area contributed by atoms with E-state index in [2.05, 4.69) is 0 Å². The third-order valence-corrected chi connectivity index (χ3v) is 2.83. The minimum Gasteiger partial charge on any atom is -0.386 e. The summed E-state index contributed by atoms with van der Waals surface area (Å²) in [6.45, 7) is 0.145. The number of nitrogens with zero attached hydrogens (tertiary/aromatic N) is 1. The number of hydrogen-bond donors (Lipinski definition) is 1. The molecule has 1 atom stereocenters. The molecule has 0 bridgehead atoms. The molecule has 2 heterocycles. The van der Waals surface area contributed by atoms with Gasteiger partial charge in [-0.25, -0.2) is 4.39 Å². The Balaban J connectivity index is 0.000000722. The molecular weight excluding hydrogens is 268 g/mol. The van der Waals surface area contributed by atoms with Gasteiger partial charge in [0.2, 0.25) is 0 Å². The number of benzene rings is 1. The predicted octanol–water partition coefficient (Wildman–Crippen LogP) is 2.03. The Morgan fingerprint density at radius 2 is 1.88 bits per heavy atom. The lowest BCUT2D eigenvalue weighted by Crippen LogP contribution is -2.17. The van der Waals surface area contributed by atoms with E-state index in [1.807, 2.05) is 0 Å². The maximum Gasteiger partial charge on any atom is 0.251 e. The van der Waals surface area contributed by atoms with Crippen molar-refractivity contribution < 1.29 is 9.50 Å². The summed E-state index contributed by atoms with van der Waals surface area (Å²) in [7, 11) is 0. The van der Waals surface area contributed by atoms with Crippen molar-refractivity contribution in [2.24, 2.45) is 0 Å². The largest absolute Gasteiger partial charge is 0.386 e. The van der Waals surface area contributed by atoms with E-state index in [1.165, 1.54) is 16.7 Å². The third-order valence-electron chi connectivity index (χ3n) is 2.83. The van der Waals surface area contributed by atoms with E-state index in [0.29, 0.717) is 5.52 Å². The van der Waals surface area contributed by atoms with Crippen LogP contribution in [0.1, 0.15) is 11.7 Å². The van der Waals surface area contributed by atoms with Gasteiger partial charge in [0.15, 0.2) is 0 Å². The molecule has 92 valence electrons. The van der Waals surface area contributed by atoms with E-state index in [-0.39, 0.29) is 42.5 Å². The van der Waals surface area contributed by atoms with Gasteiger partial charge in [0.25, 0.3) is 5.56 Å². The summed E-state index contributed by atoms with van der Waals surface area (Å²) in [5.74, 6) is -0.452. The maximum absolute atomic E-state index is 13.5. The van der Waals surface area contributed by atoms with Gasteiger partial charge in [-0.05, 0) is 23.6 Å². The first-order valence-electron chi connectivity index (χ1n) is 4.68. The Labute approximate surface area is 109 Å². The van der Waals surface area contributed by atoms with Crippen LogP contribution in [0.3, 0.4) is 0 Å². The van der Waals surface area contributed by atoms with Crippen LogP contribution in [-0.4, -0.2) is 9.67 Å². The number of rotatable bonds is 0. The lowest BCUT2D eigenvalue weighted by atomic mass is 10.1. The van der Waals surface area contributed by atoms with Crippen LogP contribution in [0.4, 0.5) is 4.39 Å². The molecule has 1 aliphatic heterocycles. The fraction of sp³-hybridized carbons (Fsp3) is 0.182. The number of hydrogen-bond acceptors (Lipinski definition) is 2. The van der Waals surface area contributed by atoms with Crippen molar-refractivity contribution in [2.75, 3.05) is 0 Å². The van der Waals surface area contributed by atoms with Crippen LogP contribution in [0.2, 0.25) is 0 Å². The molecular formula is C11H10Cl2FNO2. The first kappa shape index (κ1) is 14.0. The Kier molecular flexibility index (Phi) is 3.81. The molecule has 0 saturated heterocycles. The lowest BCUT2D eigenvalue weighted by Gasteiger charge is -2.03. The van der Waals surface area contributed by atoms with Crippen molar-refractivity contribution >= 4 is 35.7 Å². The third kappa shape index (κ3) is 1.82. The van der Waals surface area contributed by atoms with Crippen molar-refractivity contribution in [1.29, 1.82) is 0 Å². The molecule has 6 heteroatoms. The molecule has 2 aromatic rings. The predicted molar refractivity (Wildman–Crippen MR) is 67.6 cm³/mol. The second-order valence-electron chi connectivity index (χ2n) is 3.70. The molecule has 0 radical (unpaired) electrons. The molecule has 3 rings (SSSR count). The highest BCUT2D eigenvalue weighted by atomic mass is 35.5. The Morgan fingerprint density at radius 1 is 1.24 bits per heavy atom. The highest BCUT2D eigenvalue weighted by Gasteiger charge is 2.26. The average molecular weight is 278 g/mol. The van der Waals surface area contributed by atoms with Gasteiger partial charge in [-0.15, -0.1) is 24.8 Å². The Morgan fingerprint density at radius 3 is 2.59 bits per heavy atom. The van der Waals surface area contributed by atoms with Gasteiger partial charge in [-0.2, -0.15) is 0 Å². The van der Waals surface area contributed by atoms with Crippen LogP contribution in [0.15, 0.2) is 29.1 Å². The summed E-state index contributed by atoms with van der Waals surface area (Å²) in [4.78, 5) is 11.5. The van der Waals surface area contributed by atoms with Crippen molar-refractivity contribution in [3.05, 3.63) is 46.0 Å². The molecule has 1 aromatic heterocycles. The zero-order chi connectivity index (χ0) is 10.6. The van der Waals surface area contributed by atoms with E-state index in [9.17, 15) is 14.3 Å². The molecule has 1 aromatic carbocycles. The van der Waals surface area contributed by atoms with E-state index in [1.54, 1.807) is 12.1 Å². The minimum absolute atomic E-state index is 0. The quantitative estimate of drug-likeness (QED) is 0.801. The highest BCUT2D eigenvalue weighted by Crippen LogP contribution is 2.32. The minimum atomic E-state index is -0.913. The second-order valence-corrected chi connectivity index (χ2v) is 3.70. The Bertz CT molecular complexity index is 627. The van der Waals surface area contributed by atoms with Gasteiger partial charge in [-0.3, -0.25) is 4.79 Å². The molecule has 1 unspecified atom stereocenters. The van der Waals surface area contributed by atoms with Crippen molar-refractivity contribution in [1.82, 2.24) is 4.57 Å². The molecule has 0 amide bonds. The van der Waals surface area contributed by atoms with Crippen LogP contribution in [-0.2, 0) is 6.54 Å². The van der Waals surface area contributed by atoms with E-state index in [0.717, 1.165) is 5.39 Å². The number of aromatic nitrogens is 1. The molecule has 17 heavy (non-hydrogen) atoms. The van der Waals surface area contributed by atoms with Crippen LogP contribution >= 0.6 is 24.8 Å². The SMILES string of the molecule is Cl.Cl.O=c1ccc2ccc(F)c3c2n1CC3O. The van der Waals surface area contributed by atoms with Crippen molar-refractivity contribution in [2.45, 2.75) is 12.6 Å². The van der Waals surface area contributed by atoms with Gasteiger partial charge in [-0.1, -0.05) is 0 Å². The van der Waals surface area contributed by atoms with Gasteiger partial charge in [0.05, 0.1) is 12.1 Å². The fourth-order valence-electron chi connectivity index (χ4n) is 2.16. The summed E-state index contributed by atoms with van der Waals surface area (Å²) in [5.41, 5.74) is 0.561. The number of pyridine rings is 1. The summed E-state index contributed by atoms with van der Waals surface area (Å²) in [5, 5.41) is 10.5. The first-order valence-corrected chi connectivity index (χ1v) is 4.68. The fourth-order valence-corrected chi connectivity index (χ4v) is 2.16. The van der Waals surface area contributed by atoms with Gasteiger partial charge in [0.1, 0.15) is 11.9 Å². The summed E-state index contributed by atoms with van der Waals surface area (Å²) >= 11 is 0. The van der Waals surface area contributed by atoms with E-state index >= 15 is 0 Å². The number of aliphatic hydroxyl groups is 1. The van der Waals surface area contributed by atoms with E-state index < -0.39 is 11.9 Å². The zero-order valence-electron chi connectivity index (χ0n) is 8.59. The maximum atomic E-state index is 13.5. The lowest BCUT2D eigenvalue weighted by molar-refractivity contribution is 0.164. The summed E-state index contributed by atoms with van der Waals surface area (Å²) in [6.07, 6.45) is -0.913. The van der Waals surface area contributed by atoms with Crippen LogP contribution in [0.5, 0.6) is 0 Å². The summed E-state index contributed by atoms with van der Waals surface area (Å²) < 4.78 is 14.9. The summed E-state index contributed by atoms with van der Waals surface area (Å²) in [6, 6.07) is 6.01. The topological polar surface area (TPSA) is 42.2 Å². The monoisotopic (exact) mass is 277 g/mol. The zero-order valence-corrected chi connectivity index (χ0v) is 10.2. The molecule has 1 aliphatic rings. The molecule has 0 fully saturated rings. The van der Waals surface area contributed by atoms with Gasteiger partial charge < -0.3 is 9.67 Å². The average Bonchev–Trinajstić information content (AvgIpc) is 2.56. The van der Waals surface area contributed by atoms with Crippen LogP contribution in [0, 0.1) is 5.82 Å². The normalized spacial score (nSPS) is 16.5. The first-order chi connectivity index (χ1) is 7.18. The van der Waals surface area contributed by atoms with E-state index in [4.69, 9.17) is 0 Å². The standard InChI is InChI=1S/C11H8FNO2.2ClH/c12-7-3-1-6-2-4-9(15)13-5-8(14)10(7)11(6)13;;/h1-4,8,14H,5H2;2*1H. The number of halogens is 3. The molecule has 0 aliphatic carbocycles. The van der Waals surface area contributed by atoms with Crippen molar-refractivity contribution in [3.63, 3.8) is 0 Å². The van der Waals surface area contributed by atoms with Gasteiger partial charge in [0, 0.05) is 11.6 Å². The van der Waals surface area contributed by atoms with Crippen molar-refractivity contribution in [3.8, 4) is 0 Å². The van der Waals surface area contributed by atoms with Crippen LogP contribution < -0.4 is 5.56 Å². The number of aliphatic hydroxyl groups excluding tert-OH is 1. The smallest absolute Gasteiger partial charge is 0.251 e.